The Bertz CT molecular complexity index is 627. The van der Waals surface area contributed by atoms with Crippen molar-refractivity contribution in [3.8, 4) is 0 Å². The first kappa shape index (κ1) is 21.6. The zero-order valence-electron chi connectivity index (χ0n) is 12.7. The maximum Gasteiger partial charge on any atom is 0.341 e. The fourth-order valence-electron chi connectivity index (χ4n) is 1.70. The number of hydrogen-bond donors (Lipinski definition) is 3. The molecule has 0 bridgehead atoms. The van der Waals surface area contributed by atoms with E-state index in [9.17, 15) is 22.0 Å². The summed E-state index contributed by atoms with van der Waals surface area (Å²) in [4.78, 5) is 11.2. The van der Waals surface area contributed by atoms with Crippen LogP contribution in [0.1, 0.15) is 13.3 Å². The molecule has 6 nitrogen and oxygen atoms in total. The molecule has 1 aromatic carbocycles. The van der Waals surface area contributed by atoms with Gasteiger partial charge in [-0.2, -0.15) is 8.78 Å². The number of carbonyl (C=O) groups excluding carboxylic acids is 1. The van der Waals surface area contributed by atoms with Crippen molar-refractivity contribution in [2.45, 2.75) is 24.0 Å². The predicted octanol–water partition coefficient (Wildman–Crippen LogP) is 2.08. The lowest BCUT2D eigenvalue weighted by atomic mass is 10.2. The van der Waals surface area contributed by atoms with Gasteiger partial charge in [-0.05, 0) is 32.2 Å². The number of sulfone groups is 1. The second kappa shape index (κ2) is 9.64. The van der Waals surface area contributed by atoms with Gasteiger partial charge >= 0.3 is 5.76 Å². The van der Waals surface area contributed by atoms with Crippen molar-refractivity contribution in [3.63, 3.8) is 0 Å². The molecule has 0 saturated carbocycles. The van der Waals surface area contributed by atoms with Gasteiger partial charge in [-0.1, -0.05) is 0 Å². The van der Waals surface area contributed by atoms with Crippen LogP contribution in [0.5, 0.6) is 0 Å². The Morgan fingerprint density at radius 3 is 2.43 bits per heavy atom. The highest BCUT2D eigenvalue weighted by atomic mass is 35.5. The van der Waals surface area contributed by atoms with E-state index in [1.807, 2.05) is 6.92 Å². The number of benzene rings is 1. The fraction of sp³-hybridized carbons (Fsp3) is 0.462. The van der Waals surface area contributed by atoms with Gasteiger partial charge in [0.2, 0.25) is 15.7 Å². The summed E-state index contributed by atoms with van der Waals surface area (Å²) in [5.74, 6) is -3.86. The van der Waals surface area contributed by atoms with E-state index in [1.165, 1.54) is 6.07 Å². The van der Waals surface area contributed by atoms with E-state index in [2.05, 4.69) is 16.0 Å². The van der Waals surface area contributed by atoms with E-state index in [0.717, 1.165) is 12.1 Å². The molecular weight excluding hydrogens is 352 g/mol. The van der Waals surface area contributed by atoms with Gasteiger partial charge in [0.15, 0.2) is 0 Å². The topological polar surface area (TPSA) is 87.3 Å². The van der Waals surface area contributed by atoms with Gasteiger partial charge in [-0.25, -0.2) is 8.42 Å². The summed E-state index contributed by atoms with van der Waals surface area (Å²) < 4.78 is 48.3. The molecule has 0 atom stereocenters. The van der Waals surface area contributed by atoms with Gasteiger partial charge in [0.25, 0.3) is 0 Å². The third-order valence-electron chi connectivity index (χ3n) is 2.80. The lowest BCUT2D eigenvalue weighted by molar-refractivity contribution is -0.116. The van der Waals surface area contributed by atoms with Crippen LogP contribution in [0.4, 0.5) is 20.2 Å². The quantitative estimate of drug-likeness (QED) is 0.651. The minimum absolute atomic E-state index is 0. The predicted molar refractivity (Wildman–Crippen MR) is 88.2 cm³/mol. The zero-order chi connectivity index (χ0) is 16.8. The summed E-state index contributed by atoms with van der Waals surface area (Å²) in [6.45, 7) is 2.79. The van der Waals surface area contributed by atoms with Gasteiger partial charge < -0.3 is 16.0 Å². The Kier molecular flexibility index (Phi) is 9.03. The monoisotopic (exact) mass is 371 g/mol. The summed E-state index contributed by atoms with van der Waals surface area (Å²) in [6, 6.07) is 3.48. The van der Waals surface area contributed by atoms with Crippen LogP contribution < -0.4 is 16.0 Å². The highest BCUT2D eigenvalue weighted by Gasteiger charge is 2.27. The average molecular weight is 372 g/mol. The SMILES string of the molecule is CCNc1ccc(S(=O)(=O)C(F)F)cc1NC(=O)CCNC.Cl. The van der Waals surface area contributed by atoms with Crippen LogP contribution in [0.25, 0.3) is 0 Å². The zero-order valence-corrected chi connectivity index (χ0v) is 14.4. The molecule has 1 aromatic rings. The third-order valence-corrected chi connectivity index (χ3v) is 4.18. The molecule has 0 aliphatic rings. The summed E-state index contributed by atoms with van der Waals surface area (Å²) in [6.07, 6.45) is 0.174. The number of alkyl halides is 2. The second-order valence-corrected chi connectivity index (χ2v) is 6.36. The number of nitrogens with one attached hydrogen (secondary N) is 3. The van der Waals surface area contributed by atoms with Crippen LogP contribution in [0.2, 0.25) is 0 Å². The number of hydrogen-bond acceptors (Lipinski definition) is 5. The van der Waals surface area contributed by atoms with E-state index in [0.29, 0.717) is 18.8 Å². The number of carbonyl (C=O) groups is 1. The number of rotatable bonds is 8. The van der Waals surface area contributed by atoms with Crippen molar-refractivity contribution >= 4 is 39.5 Å². The van der Waals surface area contributed by atoms with Crippen LogP contribution in [0.3, 0.4) is 0 Å². The molecule has 0 spiro atoms. The standard InChI is InChI=1S/C13H19F2N3O3S.ClH/c1-3-17-10-5-4-9(22(20,21)13(14)15)8-11(10)18-12(19)6-7-16-2;/h4-5,8,13,16-17H,3,6-7H2,1-2H3,(H,18,19);1H. The van der Waals surface area contributed by atoms with E-state index < -0.39 is 20.5 Å². The van der Waals surface area contributed by atoms with Crippen molar-refractivity contribution in [1.29, 1.82) is 0 Å². The Labute approximate surface area is 140 Å². The summed E-state index contributed by atoms with van der Waals surface area (Å²) in [7, 11) is -3.02. The molecule has 23 heavy (non-hydrogen) atoms. The van der Waals surface area contributed by atoms with E-state index >= 15 is 0 Å². The molecule has 1 amide bonds. The summed E-state index contributed by atoms with van der Waals surface area (Å²) in [5.41, 5.74) is 0.623. The van der Waals surface area contributed by atoms with Crippen molar-refractivity contribution in [1.82, 2.24) is 5.32 Å². The lowest BCUT2D eigenvalue weighted by Crippen LogP contribution is -2.20. The van der Waals surface area contributed by atoms with Gasteiger partial charge in [0, 0.05) is 19.5 Å². The lowest BCUT2D eigenvalue weighted by Gasteiger charge is -2.14. The van der Waals surface area contributed by atoms with Gasteiger partial charge in [-0.3, -0.25) is 4.79 Å². The summed E-state index contributed by atoms with van der Waals surface area (Å²) >= 11 is 0. The molecule has 0 heterocycles. The highest BCUT2D eigenvalue weighted by molar-refractivity contribution is 7.91. The third kappa shape index (κ3) is 5.92. The largest absolute Gasteiger partial charge is 0.384 e. The second-order valence-electron chi connectivity index (χ2n) is 4.45. The molecular formula is C13H20ClF2N3O3S. The van der Waals surface area contributed by atoms with Gasteiger partial charge in [-0.15, -0.1) is 12.4 Å². The molecule has 0 fully saturated rings. The van der Waals surface area contributed by atoms with Crippen molar-refractivity contribution in [2.75, 3.05) is 30.8 Å². The molecule has 3 N–H and O–H groups in total. The molecule has 0 saturated heterocycles. The Morgan fingerprint density at radius 2 is 1.91 bits per heavy atom. The van der Waals surface area contributed by atoms with Crippen LogP contribution >= 0.6 is 12.4 Å². The Morgan fingerprint density at radius 1 is 1.26 bits per heavy atom. The molecule has 132 valence electrons. The van der Waals surface area contributed by atoms with Crippen LogP contribution in [0, 0.1) is 0 Å². The van der Waals surface area contributed by atoms with Crippen molar-refractivity contribution in [2.24, 2.45) is 0 Å². The molecule has 0 aliphatic heterocycles. The highest BCUT2D eigenvalue weighted by Crippen LogP contribution is 2.28. The molecule has 10 heteroatoms. The maximum absolute atomic E-state index is 12.6. The molecule has 0 aromatic heterocycles. The molecule has 0 aliphatic carbocycles. The van der Waals surface area contributed by atoms with Crippen LogP contribution in [0.15, 0.2) is 23.1 Å². The molecule has 1 rings (SSSR count). The molecule has 0 radical (unpaired) electrons. The Hall–Kier alpha value is -1.45. The minimum atomic E-state index is -4.71. The smallest absolute Gasteiger partial charge is 0.341 e. The first-order valence-electron chi connectivity index (χ1n) is 6.67. The minimum Gasteiger partial charge on any atom is -0.384 e. The average Bonchev–Trinajstić information content (AvgIpc) is 2.46. The van der Waals surface area contributed by atoms with Crippen LogP contribution in [-0.4, -0.2) is 40.2 Å². The van der Waals surface area contributed by atoms with Gasteiger partial charge in [0.1, 0.15) is 0 Å². The van der Waals surface area contributed by atoms with Crippen LogP contribution in [-0.2, 0) is 14.6 Å². The fourth-order valence-corrected chi connectivity index (χ4v) is 2.45. The normalized spacial score (nSPS) is 11.0. The first-order chi connectivity index (χ1) is 10.3. The summed E-state index contributed by atoms with van der Waals surface area (Å²) in [5, 5.41) is 8.27. The number of anilines is 2. The first-order valence-corrected chi connectivity index (χ1v) is 8.22. The van der Waals surface area contributed by atoms with E-state index in [4.69, 9.17) is 0 Å². The number of halogens is 3. The van der Waals surface area contributed by atoms with E-state index in [-0.39, 0.29) is 30.4 Å². The maximum atomic E-state index is 12.6. The van der Waals surface area contributed by atoms with Crippen molar-refractivity contribution < 1.29 is 22.0 Å². The Balaban J connectivity index is 0.00000484. The number of amides is 1. The van der Waals surface area contributed by atoms with E-state index in [1.54, 1.807) is 7.05 Å². The van der Waals surface area contributed by atoms with Crippen molar-refractivity contribution in [3.05, 3.63) is 18.2 Å². The van der Waals surface area contributed by atoms with Gasteiger partial charge in [0.05, 0.1) is 16.3 Å². The molecule has 0 unspecified atom stereocenters.